The Hall–Kier alpha value is -1.61. The summed E-state index contributed by atoms with van der Waals surface area (Å²) in [5.74, 6) is 2.17. The zero-order chi connectivity index (χ0) is 18.5. The van der Waals surface area contributed by atoms with Gasteiger partial charge in [0.05, 0.1) is 6.42 Å². The van der Waals surface area contributed by atoms with Gasteiger partial charge in [-0.05, 0) is 67.4 Å². The predicted octanol–water partition coefficient (Wildman–Crippen LogP) is 6.38. The van der Waals surface area contributed by atoms with Gasteiger partial charge in [0.15, 0.2) is 0 Å². The molecule has 2 aromatic rings. The van der Waals surface area contributed by atoms with Crippen molar-refractivity contribution in [2.24, 2.45) is 17.3 Å². The van der Waals surface area contributed by atoms with Crippen LogP contribution in [0.3, 0.4) is 0 Å². The first kappa shape index (κ1) is 17.5. The van der Waals surface area contributed by atoms with Crippen molar-refractivity contribution in [3.8, 4) is 16.9 Å². The van der Waals surface area contributed by atoms with Gasteiger partial charge in [-0.3, -0.25) is 4.79 Å². The molecule has 4 aliphatic carbocycles. The number of esters is 1. The van der Waals surface area contributed by atoms with Gasteiger partial charge in [0.2, 0.25) is 0 Å². The molecule has 4 aliphatic rings. The number of carbonyl (C=O) groups excluding carboxylic acids is 1. The molecule has 6 rings (SSSR count). The van der Waals surface area contributed by atoms with Crippen molar-refractivity contribution >= 4 is 21.9 Å². The number of hydrogen-bond donors (Lipinski definition) is 0. The third-order valence-electron chi connectivity index (χ3n) is 6.83. The second-order valence-corrected chi connectivity index (χ2v) is 10.8. The summed E-state index contributed by atoms with van der Waals surface area (Å²) in [5.41, 5.74) is 2.20. The molecule has 0 N–H and O–H groups in total. The Morgan fingerprint density at radius 3 is 2.33 bits per heavy atom. The molecule has 2 aromatic carbocycles. The third-order valence-corrected chi connectivity index (χ3v) is 7.75. The zero-order valence-corrected chi connectivity index (χ0v) is 17.1. The Kier molecular flexibility index (Phi) is 4.19. The van der Waals surface area contributed by atoms with Crippen LogP contribution in [-0.4, -0.2) is 10.3 Å². The van der Waals surface area contributed by atoms with Crippen LogP contribution in [0.1, 0.15) is 44.9 Å². The molecular formula is C24H25BrO2. The summed E-state index contributed by atoms with van der Waals surface area (Å²) in [6.45, 7) is 0. The minimum atomic E-state index is -0.0727. The van der Waals surface area contributed by atoms with E-state index in [1.54, 1.807) is 0 Å². The molecule has 0 amide bonds. The number of alkyl halides is 1. The first-order valence-electron chi connectivity index (χ1n) is 10.1. The number of para-hydroxylation sites is 1. The molecule has 4 fully saturated rings. The summed E-state index contributed by atoms with van der Waals surface area (Å²) in [6, 6.07) is 18.0. The van der Waals surface area contributed by atoms with Crippen LogP contribution in [-0.2, 0) is 4.79 Å². The molecule has 0 aromatic heterocycles. The largest absolute Gasteiger partial charge is 0.426 e. The van der Waals surface area contributed by atoms with Gasteiger partial charge in [-0.25, -0.2) is 0 Å². The lowest BCUT2D eigenvalue weighted by molar-refractivity contribution is -0.141. The van der Waals surface area contributed by atoms with Crippen LogP contribution >= 0.6 is 15.9 Å². The van der Waals surface area contributed by atoms with Gasteiger partial charge in [-0.2, -0.15) is 0 Å². The highest BCUT2D eigenvalue weighted by molar-refractivity contribution is 9.10. The van der Waals surface area contributed by atoms with Gasteiger partial charge < -0.3 is 4.74 Å². The molecule has 3 heteroatoms. The summed E-state index contributed by atoms with van der Waals surface area (Å²) in [6.07, 6.45) is 8.02. The topological polar surface area (TPSA) is 26.3 Å². The summed E-state index contributed by atoms with van der Waals surface area (Å²) in [7, 11) is 0. The van der Waals surface area contributed by atoms with Crippen LogP contribution < -0.4 is 4.74 Å². The van der Waals surface area contributed by atoms with Crippen molar-refractivity contribution < 1.29 is 9.53 Å². The minimum Gasteiger partial charge on any atom is -0.426 e. The number of hydrogen-bond acceptors (Lipinski definition) is 2. The van der Waals surface area contributed by atoms with Crippen molar-refractivity contribution in [2.45, 2.75) is 49.3 Å². The average Bonchev–Trinajstić information content (AvgIpc) is 2.60. The second-order valence-electron chi connectivity index (χ2n) is 9.12. The van der Waals surface area contributed by atoms with E-state index in [1.807, 2.05) is 42.5 Å². The SMILES string of the molecule is O=C(CC12C[C@@H]3C[C@@H](CC(Br)(C3)C1)C2)Oc1ccccc1-c1ccccc1. The molecule has 4 bridgehead atoms. The van der Waals surface area contributed by atoms with Gasteiger partial charge in [-0.15, -0.1) is 0 Å². The molecule has 2 nitrogen and oxygen atoms in total. The van der Waals surface area contributed by atoms with Crippen LogP contribution in [0.15, 0.2) is 54.6 Å². The highest BCUT2D eigenvalue weighted by Gasteiger charge is 2.57. The molecule has 0 spiro atoms. The maximum absolute atomic E-state index is 12.9. The first-order valence-corrected chi connectivity index (χ1v) is 10.9. The Labute approximate surface area is 169 Å². The van der Waals surface area contributed by atoms with Crippen molar-refractivity contribution in [3.05, 3.63) is 54.6 Å². The summed E-state index contributed by atoms with van der Waals surface area (Å²) in [4.78, 5) is 12.9. The van der Waals surface area contributed by atoms with Gasteiger partial charge >= 0.3 is 5.97 Å². The summed E-state index contributed by atoms with van der Waals surface area (Å²) in [5, 5.41) is 0. The standard InChI is InChI=1S/C24H25BrO2/c25-24-13-17-10-18(14-24)12-23(11-17,16-24)15-22(26)27-21-9-5-4-8-20(21)19-6-2-1-3-7-19/h1-9,17-18H,10-16H2/t17-,18+,23?,24?. The van der Waals surface area contributed by atoms with Crippen molar-refractivity contribution in [2.75, 3.05) is 0 Å². The molecule has 0 aliphatic heterocycles. The van der Waals surface area contributed by atoms with Crippen LogP contribution in [0.4, 0.5) is 0 Å². The fourth-order valence-electron chi connectivity index (χ4n) is 6.42. The van der Waals surface area contributed by atoms with E-state index in [0.717, 1.165) is 29.4 Å². The van der Waals surface area contributed by atoms with E-state index in [4.69, 9.17) is 4.74 Å². The Morgan fingerprint density at radius 1 is 0.963 bits per heavy atom. The van der Waals surface area contributed by atoms with Gasteiger partial charge in [0.25, 0.3) is 0 Å². The Bertz CT molecular complexity index is 846. The van der Waals surface area contributed by atoms with Crippen LogP contribution in [0.5, 0.6) is 5.75 Å². The number of carbonyl (C=O) groups is 1. The van der Waals surface area contributed by atoms with Crippen LogP contribution in [0.2, 0.25) is 0 Å². The lowest BCUT2D eigenvalue weighted by Gasteiger charge is -2.60. The molecule has 0 saturated heterocycles. The van der Waals surface area contributed by atoms with Crippen molar-refractivity contribution in [3.63, 3.8) is 0 Å². The van der Waals surface area contributed by atoms with Gasteiger partial charge in [0, 0.05) is 9.89 Å². The minimum absolute atomic E-state index is 0.0727. The van der Waals surface area contributed by atoms with Gasteiger partial charge in [-0.1, -0.05) is 64.5 Å². The monoisotopic (exact) mass is 424 g/mol. The molecule has 0 heterocycles. The molecule has 4 saturated carbocycles. The highest BCUT2D eigenvalue weighted by Crippen LogP contribution is 2.65. The van der Waals surface area contributed by atoms with Crippen molar-refractivity contribution in [1.82, 2.24) is 0 Å². The zero-order valence-electron chi connectivity index (χ0n) is 15.5. The molecular weight excluding hydrogens is 400 g/mol. The van der Waals surface area contributed by atoms with E-state index < -0.39 is 0 Å². The maximum Gasteiger partial charge on any atom is 0.311 e. The van der Waals surface area contributed by atoms with Gasteiger partial charge in [0.1, 0.15) is 5.75 Å². The highest BCUT2D eigenvalue weighted by atomic mass is 79.9. The summed E-state index contributed by atoms with van der Waals surface area (Å²) >= 11 is 4.04. The molecule has 4 atom stereocenters. The van der Waals surface area contributed by atoms with E-state index in [-0.39, 0.29) is 15.7 Å². The fourth-order valence-corrected chi connectivity index (χ4v) is 7.93. The Morgan fingerprint density at radius 2 is 1.63 bits per heavy atom. The normalized spacial score (nSPS) is 33.8. The summed E-state index contributed by atoms with van der Waals surface area (Å²) < 4.78 is 6.19. The third kappa shape index (κ3) is 3.35. The molecule has 0 radical (unpaired) electrons. The average molecular weight is 425 g/mol. The fraction of sp³-hybridized carbons (Fsp3) is 0.458. The Balaban J connectivity index is 1.35. The lowest BCUT2D eigenvalue weighted by atomic mass is 9.49. The smallest absolute Gasteiger partial charge is 0.311 e. The number of rotatable bonds is 4. The quantitative estimate of drug-likeness (QED) is 0.323. The van der Waals surface area contributed by atoms with Crippen LogP contribution in [0, 0.1) is 17.3 Å². The predicted molar refractivity (Wildman–Crippen MR) is 111 cm³/mol. The van der Waals surface area contributed by atoms with E-state index >= 15 is 0 Å². The van der Waals surface area contributed by atoms with Crippen LogP contribution in [0.25, 0.3) is 11.1 Å². The van der Waals surface area contributed by atoms with E-state index in [9.17, 15) is 4.79 Å². The molecule has 27 heavy (non-hydrogen) atoms. The lowest BCUT2D eigenvalue weighted by Crippen LogP contribution is -2.53. The number of halogens is 1. The molecule has 2 unspecified atom stereocenters. The second kappa shape index (κ2) is 6.48. The number of benzene rings is 2. The molecule has 140 valence electrons. The maximum atomic E-state index is 12.9. The number of ether oxygens (including phenoxy) is 1. The van der Waals surface area contributed by atoms with E-state index in [0.29, 0.717) is 12.2 Å². The van der Waals surface area contributed by atoms with E-state index in [2.05, 4.69) is 28.1 Å². The van der Waals surface area contributed by atoms with E-state index in [1.165, 1.54) is 32.1 Å². The first-order chi connectivity index (χ1) is 13.0. The van der Waals surface area contributed by atoms with Crippen molar-refractivity contribution in [1.29, 1.82) is 0 Å².